The maximum absolute atomic E-state index is 5.58. The van der Waals surface area contributed by atoms with E-state index in [1.807, 2.05) is 44.3 Å². The molecule has 108 valence electrons. The van der Waals surface area contributed by atoms with Gasteiger partial charge in [0, 0.05) is 18.2 Å². The van der Waals surface area contributed by atoms with E-state index in [0.29, 0.717) is 6.54 Å². The number of aryl methyl sites for hydroxylation is 2. The largest absolute Gasteiger partial charge is 0.466 e. The predicted molar refractivity (Wildman–Crippen MR) is 83.0 cm³/mol. The third-order valence-corrected chi connectivity index (χ3v) is 3.63. The van der Waals surface area contributed by atoms with Crippen LogP contribution < -0.4 is 5.32 Å². The van der Waals surface area contributed by atoms with Gasteiger partial charge in [-0.1, -0.05) is 12.1 Å². The average Bonchev–Trinajstić information content (AvgIpc) is 2.83. The summed E-state index contributed by atoms with van der Waals surface area (Å²) in [5, 5.41) is 3.47. The Morgan fingerprint density at radius 1 is 1.19 bits per heavy atom. The monoisotopic (exact) mass is 281 g/mol. The van der Waals surface area contributed by atoms with Crippen molar-refractivity contribution in [3.05, 3.63) is 59.3 Å². The molecule has 0 saturated carbocycles. The van der Waals surface area contributed by atoms with Crippen LogP contribution in [0.15, 0.2) is 40.9 Å². The van der Waals surface area contributed by atoms with Gasteiger partial charge in [0.1, 0.15) is 11.5 Å². The molecule has 0 aliphatic heterocycles. The molecule has 3 rings (SSSR count). The van der Waals surface area contributed by atoms with Crippen LogP contribution in [0.3, 0.4) is 0 Å². The third-order valence-electron chi connectivity index (χ3n) is 3.63. The van der Waals surface area contributed by atoms with E-state index >= 15 is 0 Å². The number of benzene rings is 1. The highest BCUT2D eigenvalue weighted by Crippen LogP contribution is 2.21. The van der Waals surface area contributed by atoms with Crippen molar-refractivity contribution in [1.82, 2.24) is 15.3 Å². The fourth-order valence-electron chi connectivity index (χ4n) is 2.53. The smallest absolute Gasteiger partial charge is 0.105 e. The van der Waals surface area contributed by atoms with Crippen molar-refractivity contribution >= 4 is 11.0 Å². The number of fused-ring (bicyclic) bond motifs is 1. The highest BCUT2D eigenvalue weighted by Gasteiger charge is 2.12. The molecular weight excluding hydrogens is 262 g/mol. The first kappa shape index (κ1) is 13.8. The van der Waals surface area contributed by atoms with Gasteiger partial charge in [0.05, 0.1) is 22.9 Å². The zero-order valence-electron chi connectivity index (χ0n) is 12.6. The van der Waals surface area contributed by atoms with Gasteiger partial charge >= 0.3 is 0 Å². The average molecular weight is 281 g/mol. The van der Waals surface area contributed by atoms with E-state index in [1.165, 1.54) is 5.56 Å². The Morgan fingerprint density at radius 2 is 1.95 bits per heavy atom. The molecule has 0 spiro atoms. The lowest BCUT2D eigenvalue weighted by Crippen LogP contribution is -2.19. The molecule has 1 N–H and O–H groups in total. The molecule has 2 aromatic heterocycles. The lowest BCUT2D eigenvalue weighted by Gasteiger charge is -2.12. The van der Waals surface area contributed by atoms with Gasteiger partial charge in [-0.15, -0.1) is 0 Å². The van der Waals surface area contributed by atoms with E-state index in [2.05, 4.69) is 28.3 Å². The van der Waals surface area contributed by atoms with Crippen LogP contribution in [-0.2, 0) is 6.54 Å². The molecule has 1 unspecified atom stereocenters. The summed E-state index contributed by atoms with van der Waals surface area (Å²) in [4.78, 5) is 9.05. The van der Waals surface area contributed by atoms with Gasteiger partial charge in [-0.25, -0.2) is 4.98 Å². The van der Waals surface area contributed by atoms with Crippen molar-refractivity contribution in [1.29, 1.82) is 0 Å². The summed E-state index contributed by atoms with van der Waals surface area (Å²) in [6.45, 7) is 6.78. The summed E-state index contributed by atoms with van der Waals surface area (Å²) in [5.41, 5.74) is 4.00. The van der Waals surface area contributed by atoms with Crippen LogP contribution in [-0.4, -0.2) is 9.97 Å². The Labute approximate surface area is 124 Å². The minimum atomic E-state index is 0.218. The third kappa shape index (κ3) is 2.95. The molecule has 0 aliphatic carbocycles. The molecule has 1 aromatic carbocycles. The number of hydrogen-bond acceptors (Lipinski definition) is 4. The van der Waals surface area contributed by atoms with Crippen molar-refractivity contribution in [2.45, 2.75) is 33.4 Å². The van der Waals surface area contributed by atoms with Crippen molar-refractivity contribution in [3.8, 4) is 0 Å². The molecule has 0 aliphatic rings. The first-order valence-electron chi connectivity index (χ1n) is 7.14. The van der Waals surface area contributed by atoms with Gasteiger partial charge in [0.25, 0.3) is 0 Å². The maximum Gasteiger partial charge on any atom is 0.105 e. The molecule has 4 heteroatoms. The number of hydrogen-bond donors (Lipinski definition) is 1. The molecular formula is C17H19N3O. The number of nitrogens with zero attached hydrogens (tertiary/aromatic N) is 2. The number of rotatable bonds is 4. The fraction of sp³-hybridized carbons (Fsp3) is 0.294. The van der Waals surface area contributed by atoms with Crippen molar-refractivity contribution in [2.75, 3.05) is 0 Å². The number of para-hydroxylation sites is 2. The Kier molecular flexibility index (Phi) is 3.71. The van der Waals surface area contributed by atoms with Gasteiger partial charge in [-0.2, -0.15) is 0 Å². The van der Waals surface area contributed by atoms with Crippen LogP contribution in [0.4, 0.5) is 0 Å². The highest BCUT2D eigenvalue weighted by molar-refractivity contribution is 5.73. The van der Waals surface area contributed by atoms with E-state index in [0.717, 1.165) is 28.2 Å². The van der Waals surface area contributed by atoms with E-state index in [-0.39, 0.29) is 6.04 Å². The van der Waals surface area contributed by atoms with Gasteiger partial charge < -0.3 is 9.73 Å². The van der Waals surface area contributed by atoms with Crippen LogP contribution in [0.1, 0.15) is 35.7 Å². The highest BCUT2D eigenvalue weighted by atomic mass is 16.3. The molecule has 21 heavy (non-hydrogen) atoms. The van der Waals surface area contributed by atoms with Crippen LogP contribution >= 0.6 is 0 Å². The van der Waals surface area contributed by atoms with Crippen LogP contribution in [0.2, 0.25) is 0 Å². The zero-order valence-corrected chi connectivity index (χ0v) is 12.6. The zero-order chi connectivity index (χ0) is 14.8. The van der Waals surface area contributed by atoms with E-state index < -0.39 is 0 Å². The second kappa shape index (κ2) is 5.66. The van der Waals surface area contributed by atoms with Crippen LogP contribution in [0.25, 0.3) is 11.0 Å². The molecule has 4 nitrogen and oxygen atoms in total. The minimum Gasteiger partial charge on any atom is -0.466 e. The summed E-state index contributed by atoms with van der Waals surface area (Å²) < 4.78 is 5.58. The SMILES string of the molecule is Cc1cc(C(C)NCc2cnc3ccccc3n2)c(C)o1. The van der Waals surface area contributed by atoms with Gasteiger partial charge in [0.2, 0.25) is 0 Å². The summed E-state index contributed by atoms with van der Waals surface area (Å²) in [7, 11) is 0. The quantitative estimate of drug-likeness (QED) is 0.792. The van der Waals surface area contributed by atoms with Crippen molar-refractivity contribution < 1.29 is 4.42 Å². The molecule has 2 heterocycles. The predicted octanol–water partition coefficient (Wildman–Crippen LogP) is 3.69. The van der Waals surface area contributed by atoms with E-state index in [4.69, 9.17) is 4.42 Å². The second-order valence-electron chi connectivity index (χ2n) is 5.32. The standard InChI is InChI=1S/C17H19N3O/c1-11-8-15(13(3)21-11)12(2)18-9-14-10-19-16-6-4-5-7-17(16)20-14/h4-8,10,12,18H,9H2,1-3H3. The first-order valence-corrected chi connectivity index (χ1v) is 7.14. The van der Waals surface area contributed by atoms with Crippen molar-refractivity contribution in [2.24, 2.45) is 0 Å². The van der Waals surface area contributed by atoms with Crippen molar-refractivity contribution in [3.63, 3.8) is 0 Å². The minimum absolute atomic E-state index is 0.218. The first-order chi connectivity index (χ1) is 10.1. The van der Waals surface area contributed by atoms with Gasteiger partial charge in [-0.05, 0) is 39.0 Å². The van der Waals surface area contributed by atoms with Gasteiger partial charge in [-0.3, -0.25) is 4.98 Å². The maximum atomic E-state index is 5.58. The molecule has 1 atom stereocenters. The summed E-state index contributed by atoms with van der Waals surface area (Å²) in [6, 6.07) is 10.2. The number of furan rings is 1. The lowest BCUT2D eigenvalue weighted by atomic mass is 10.1. The normalized spacial score (nSPS) is 12.7. The second-order valence-corrected chi connectivity index (χ2v) is 5.32. The molecule has 0 amide bonds. The van der Waals surface area contributed by atoms with Crippen LogP contribution in [0.5, 0.6) is 0 Å². The summed E-state index contributed by atoms with van der Waals surface area (Å²) in [5.74, 6) is 1.92. The Hall–Kier alpha value is -2.20. The molecule has 3 aromatic rings. The Balaban J connectivity index is 1.72. The number of aromatic nitrogens is 2. The van der Waals surface area contributed by atoms with E-state index in [1.54, 1.807) is 0 Å². The summed E-state index contributed by atoms with van der Waals surface area (Å²) >= 11 is 0. The van der Waals surface area contributed by atoms with Gasteiger partial charge in [0.15, 0.2) is 0 Å². The molecule has 0 bridgehead atoms. The van der Waals surface area contributed by atoms with E-state index in [9.17, 15) is 0 Å². The molecule has 0 radical (unpaired) electrons. The topological polar surface area (TPSA) is 51.0 Å². The number of nitrogens with one attached hydrogen (secondary N) is 1. The molecule has 0 saturated heterocycles. The molecule has 0 fully saturated rings. The fourth-order valence-corrected chi connectivity index (χ4v) is 2.53. The Morgan fingerprint density at radius 3 is 2.67 bits per heavy atom. The Bertz CT molecular complexity index is 764. The lowest BCUT2D eigenvalue weighted by molar-refractivity contribution is 0.489. The summed E-state index contributed by atoms with van der Waals surface area (Å²) in [6.07, 6.45) is 1.83. The van der Waals surface area contributed by atoms with Crippen LogP contribution in [0, 0.1) is 13.8 Å².